The molecule has 4 rings (SSSR count). The summed E-state index contributed by atoms with van der Waals surface area (Å²) >= 11 is 0. The van der Waals surface area contributed by atoms with Gasteiger partial charge in [0, 0.05) is 22.9 Å². The average molecular weight is 432 g/mol. The number of pyridine rings is 1. The van der Waals surface area contributed by atoms with E-state index in [2.05, 4.69) is 4.98 Å². The molecule has 0 amide bonds. The van der Waals surface area contributed by atoms with Gasteiger partial charge in [-0.1, -0.05) is 18.2 Å². The third kappa shape index (κ3) is 3.67. The normalized spacial score (nSPS) is 12.5. The number of alkyl halides is 3. The molecule has 0 bridgehead atoms. The molecule has 0 aliphatic rings. The molecule has 2 aromatic carbocycles. The predicted octanol–water partition coefficient (Wildman–Crippen LogP) is 6.19. The van der Waals surface area contributed by atoms with E-state index in [4.69, 9.17) is 0 Å². The Balaban J connectivity index is 1.90. The molecule has 0 spiro atoms. The van der Waals surface area contributed by atoms with E-state index in [0.29, 0.717) is 11.3 Å². The number of benzene rings is 2. The maximum atomic E-state index is 14.9. The van der Waals surface area contributed by atoms with Gasteiger partial charge in [0.15, 0.2) is 11.5 Å². The van der Waals surface area contributed by atoms with Crippen LogP contribution in [-0.4, -0.2) is 14.5 Å². The number of rotatable bonds is 3. The summed E-state index contributed by atoms with van der Waals surface area (Å²) in [6.45, 7) is 2.88. The van der Waals surface area contributed by atoms with Gasteiger partial charge in [-0.05, 0) is 49.7 Å². The lowest BCUT2D eigenvalue weighted by atomic mass is 9.96. The van der Waals surface area contributed by atoms with Crippen LogP contribution in [0.15, 0.2) is 60.9 Å². The van der Waals surface area contributed by atoms with Crippen molar-refractivity contribution < 1.29 is 27.1 Å². The highest BCUT2D eigenvalue weighted by Crippen LogP contribution is 2.39. The van der Waals surface area contributed by atoms with Gasteiger partial charge in [-0.3, -0.25) is 4.40 Å². The zero-order valence-electron chi connectivity index (χ0n) is 16.5. The van der Waals surface area contributed by atoms with Gasteiger partial charge in [-0.25, -0.2) is 13.8 Å². The predicted molar refractivity (Wildman–Crippen MR) is 106 cm³/mol. The van der Waals surface area contributed by atoms with Crippen molar-refractivity contribution in [2.24, 2.45) is 0 Å². The van der Waals surface area contributed by atoms with Crippen LogP contribution in [0.4, 0.5) is 22.0 Å². The van der Waals surface area contributed by atoms with E-state index in [-0.39, 0.29) is 22.3 Å². The Hall–Kier alpha value is -3.26. The van der Waals surface area contributed by atoms with Crippen molar-refractivity contribution in [2.75, 3.05) is 0 Å². The van der Waals surface area contributed by atoms with Crippen LogP contribution < -0.4 is 0 Å². The first-order chi connectivity index (χ1) is 14.5. The van der Waals surface area contributed by atoms with E-state index in [1.54, 1.807) is 0 Å². The molecular weight excluding hydrogens is 415 g/mol. The van der Waals surface area contributed by atoms with Gasteiger partial charge in [0.25, 0.3) is 0 Å². The second-order valence-electron chi connectivity index (χ2n) is 7.68. The number of imidazole rings is 1. The van der Waals surface area contributed by atoms with Crippen LogP contribution in [0, 0.1) is 11.6 Å². The smallest absolute Gasteiger partial charge is 0.386 e. The largest absolute Gasteiger partial charge is 0.417 e. The number of fused-ring (bicyclic) bond motifs is 1. The number of hydrogen-bond acceptors (Lipinski definition) is 2. The van der Waals surface area contributed by atoms with Crippen LogP contribution in [0.2, 0.25) is 0 Å². The molecule has 1 N–H and O–H groups in total. The molecule has 2 aromatic heterocycles. The van der Waals surface area contributed by atoms with Crippen LogP contribution in [-0.2, 0) is 11.8 Å². The molecule has 0 unspecified atom stereocenters. The van der Waals surface area contributed by atoms with Gasteiger partial charge in [0.2, 0.25) is 0 Å². The minimum absolute atomic E-state index is 0.0519. The van der Waals surface area contributed by atoms with Crippen LogP contribution in [0.1, 0.15) is 25.0 Å². The van der Waals surface area contributed by atoms with Crippen LogP contribution in [0.5, 0.6) is 0 Å². The maximum absolute atomic E-state index is 14.9. The first kappa shape index (κ1) is 21.0. The summed E-state index contributed by atoms with van der Waals surface area (Å²) in [7, 11) is 0. The first-order valence-corrected chi connectivity index (χ1v) is 9.33. The molecule has 4 aromatic rings. The highest BCUT2D eigenvalue weighted by Gasteiger charge is 2.34. The zero-order valence-corrected chi connectivity index (χ0v) is 16.5. The Morgan fingerprint density at radius 2 is 1.61 bits per heavy atom. The first-order valence-electron chi connectivity index (χ1n) is 9.33. The summed E-state index contributed by atoms with van der Waals surface area (Å²) in [6.07, 6.45) is -1.81. The van der Waals surface area contributed by atoms with Gasteiger partial charge < -0.3 is 5.11 Å². The molecule has 0 aliphatic heterocycles. The molecule has 0 radical (unpaired) electrons. The fourth-order valence-electron chi connectivity index (χ4n) is 3.56. The second-order valence-corrected chi connectivity index (χ2v) is 7.68. The highest BCUT2D eigenvalue weighted by atomic mass is 19.4. The number of aliphatic hydroxyl groups is 1. The molecule has 0 atom stereocenters. The zero-order chi connectivity index (χ0) is 22.6. The summed E-state index contributed by atoms with van der Waals surface area (Å²) in [5.74, 6) is -1.53. The minimum Gasteiger partial charge on any atom is -0.386 e. The van der Waals surface area contributed by atoms with Gasteiger partial charge in [0.05, 0.1) is 23.1 Å². The van der Waals surface area contributed by atoms with Crippen molar-refractivity contribution in [1.29, 1.82) is 0 Å². The topological polar surface area (TPSA) is 37.5 Å². The van der Waals surface area contributed by atoms with Gasteiger partial charge in [0.1, 0.15) is 5.82 Å². The molecule has 8 heteroatoms. The van der Waals surface area contributed by atoms with E-state index in [0.717, 1.165) is 12.1 Å². The van der Waals surface area contributed by atoms with E-state index in [1.807, 2.05) is 0 Å². The molecular formula is C23H17F5N2O. The van der Waals surface area contributed by atoms with Gasteiger partial charge >= 0.3 is 6.18 Å². The molecule has 0 saturated heterocycles. The second kappa shape index (κ2) is 7.16. The van der Waals surface area contributed by atoms with Gasteiger partial charge in [-0.2, -0.15) is 13.2 Å². The van der Waals surface area contributed by atoms with E-state index >= 15 is 0 Å². The number of nitrogens with zero attached hydrogens (tertiary/aromatic N) is 2. The van der Waals surface area contributed by atoms with Crippen LogP contribution in [0.25, 0.3) is 28.0 Å². The fraction of sp³-hybridized carbons (Fsp3) is 0.174. The molecule has 3 nitrogen and oxygen atoms in total. The lowest BCUT2D eigenvalue weighted by molar-refractivity contribution is -0.137. The van der Waals surface area contributed by atoms with Crippen LogP contribution in [0.3, 0.4) is 0 Å². The lowest BCUT2D eigenvalue weighted by Crippen LogP contribution is -2.18. The molecule has 31 heavy (non-hydrogen) atoms. The fourth-order valence-corrected chi connectivity index (χ4v) is 3.56. The van der Waals surface area contributed by atoms with E-state index in [1.165, 1.54) is 67.0 Å². The lowest BCUT2D eigenvalue weighted by Gasteiger charge is -2.19. The molecule has 0 fully saturated rings. The Morgan fingerprint density at radius 3 is 2.29 bits per heavy atom. The minimum atomic E-state index is -4.65. The van der Waals surface area contributed by atoms with Crippen molar-refractivity contribution in [1.82, 2.24) is 9.38 Å². The monoisotopic (exact) mass is 432 g/mol. The van der Waals surface area contributed by atoms with E-state index < -0.39 is 29.0 Å². The summed E-state index contributed by atoms with van der Waals surface area (Å²) in [5, 5.41) is 10.1. The summed E-state index contributed by atoms with van der Waals surface area (Å²) in [5.41, 5.74) is -2.19. The van der Waals surface area contributed by atoms with Crippen LogP contribution >= 0.6 is 0 Å². The van der Waals surface area contributed by atoms with Crippen molar-refractivity contribution in [2.45, 2.75) is 25.6 Å². The summed E-state index contributed by atoms with van der Waals surface area (Å²) in [4.78, 5) is 4.05. The van der Waals surface area contributed by atoms with Crippen molar-refractivity contribution in [3.63, 3.8) is 0 Å². The number of aromatic nitrogens is 2. The van der Waals surface area contributed by atoms with Crippen molar-refractivity contribution in [3.05, 3.63) is 83.7 Å². The molecule has 0 saturated carbocycles. The van der Waals surface area contributed by atoms with Crippen molar-refractivity contribution >= 4 is 5.65 Å². The van der Waals surface area contributed by atoms with Crippen molar-refractivity contribution in [3.8, 4) is 22.4 Å². The van der Waals surface area contributed by atoms with E-state index in [9.17, 15) is 27.1 Å². The van der Waals surface area contributed by atoms with Gasteiger partial charge in [-0.15, -0.1) is 0 Å². The summed E-state index contributed by atoms with van der Waals surface area (Å²) in [6, 6.07) is 9.87. The Morgan fingerprint density at radius 1 is 0.903 bits per heavy atom. The SMILES string of the molecule is CC(C)(O)c1ccn2c(-c3ccc(F)c(-c4ccccc4C(F)(F)F)c3)cnc2c1F. The third-order valence-electron chi connectivity index (χ3n) is 5.06. The molecule has 2 heterocycles. The Bertz CT molecular complexity index is 1290. The Kier molecular flexibility index (Phi) is 4.85. The summed E-state index contributed by atoms with van der Waals surface area (Å²) < 4.78 is 71.1. The quantitative estimate of drug-likeness (QED) is 0.392. The third-order valence-corrected chi connectivity index (χ3v) is 5.06. The number of halogens is 5. The average Bonchev–Trinajstić information content (AvgIpc) is 3.12. The molecule has 160 valence electrons. The standard InChI is InChI=1S/C23H17F5N2O/c1-22(2,31)17-9-10-30-19(12-29-21(30)20(17)25)13-7-8-18(24)15(11-13)14-5-3-4-6-16(14)23(26,27)28/h3-12,31H,1-2H3. The highest BCUT2D eigenvalue weighted by molar-refractivity contribution is 5.75. The molecule has 0 aliphatic carbocycles. The maximum Gasteiger partial charge on any atom is 0.417 e. The number of hydrogen-bond donors (Lipinski definition) is 1. The Labute approximate surface area is 174 Å².